The van der Waals surface area contributed by atoms with Gasteiger partial charge < -0.3 is 0 Å². The molecule has 0 saturated heterocycles. The van der Waals surface area contributed by atoms with Crippen LogP contribution >= 0.6 is 39.5 Å². The smallest absolute Gasteiger partial charge is 0.216 e. The van der Waals surface area contributed by atoms with Crippen LogP contribution in [0.15, 0.2) is 51.4 Å². The topological polar surface area (TPSA) is 46.0 Å². The second-order valence-electron chi connectivity index (χ2n) is 3.94. The monoisotopic (exact) mass is 364 g/mol. The van der Waals surface area contributed by atoms with E-state index in [2.05, 4.69) is 31.2 Å². The molecule has 0 bridgehead atoms. The predicted octanol–water partition coefficient (Wildman–Crippen LogP) is 4.31. The molecule has 100 valence electrons. The van der Waals surface area contributed by atoms with Gasteiger partial charge in [-0.2, -0.15) is 14.9 Å². The highest BCUT2D eigenvalue weighted by atomic mass is 79.9. The van der Waals surface area contributed by atoms with E-state index in [1.807, 2.05) is 41.8 Å². The summed E-state index contributed by atoms with van der Waals surface area (Å²) in [6, 6.07) is 11.8. The normalized spacial score (nSPS) is 11.2. The van der Waals surface area contributed by atoms with Gasteiger partial charge in [0, 0.05) is 4.47 Å². The minimum absolute atomic E-state index is 0.474. The zero-order valence-electron chi connectivity index (χ0n) is 10.2. The number of aromatic amines is 1. The van der Waals surface area contributed by atoms with E-state index in [0.717, 1.165) is 20.7 Å². The zero-order chi connectivity index (χ0) is 13.9. The Morgan fingerprint density at radius 1 is 1.30 bits per heavy atom. The van der Waals surface area contributed by atoms with E-state index in [4.69, 9.17) is 12.2 Å². The number of hydrogen-bond donors (Lipinski definition) is 1. The van der Waals surface area contributed by atoms with Crippen molar-refractivity contribution < 1.29 is 0 Å². The molecule has 3 rings (SSSR count). The second-order valence-corrected chi connectivity index (χ2v) is 6.19. The number of nitrogens with one attached hydrogen (secondary N) is 1. The predicted molar refractivity (Wildman–Crippen MR) is 87.9 cm³/mol. The average molecular weight is 365 g/mol. The maximum absolute atomic E-state index is 5.21. The fraction of sp³-hybridized carbons (Fsp3) is 0. The molecule has 0 fully saturated rings. The molecule has 0 aliphatic heterocycles. The molecule has 20 heavy (non-hydrogen) atoms. The van der Waals surface area contributed by atoms with E-state index in [9.17, 15) is 0 Å². The first-order valence-electron chi connectivity index (χ1n) is 5.75. The molecule has 7 heteroatoms. The number of benzene rings is 1. The Labute approximate surface area is 132 Å². The third-order valence-corrected chi connectivity index (χ3v) is 4.24. The molecule has 2 aromatic heterocycles. The lowest BCUT2D eigenvalue weighted by Crippen LogP contribution is -1.93. The van der Waals surface area contributed by atoms with Crippen molar-refractivity contribution in [2.45, 2.75) is 0 Å². The van der Waals surface area contributed by atoms with Gasteiger partial charge >= 0.3 is 0 Å². The van der Waals surface area contributed by atoms with Gasteiger partial charge in [-0.1, -0.05) is 34.1 Å². The first-order chi connectivity index (χ1) is 9.74. The van der Waals surface area contributed by atoms with Gasteiger partial charge in [-0.15, -0.1) is 11.3 Å². The lowest BCUT2D eigenvalue weighted by molar-refractivity contribution is 0.873. The van der Waals surface area contributed by atoms with Gasteiger partial charge in [0.2, 0.25) is 4.77 Å². The summed E-state index contributed by atoms with van der Waals surface area (Å²) < 4.78 is 3.14. The molecule has 3 aromatic rings. The first kappa shape index (κ1) is 13.4. The fourth-order valence-electron chi connectivity index (χ4n) is 1.64. The number of rotatable bonds is 3. The number of halogens is 1. The molecule has 0 unspecified atom stereocenters. The number of thiophene rings is 1. The van der Waals surface area contributed by atoms with Gasteiger partial charge in [-0.3, -0.25) is 0 Å². The molecule has 1 aromatic carbocycles. The van der Waals surface area contributed by atoms with Gasteiger partial charge in [-0.25, -0.2) is 5.10 Å². The summed E-state index contributed by atoms with van der Waals surface area (Å²) >= 11 is 10.2. The molecule has 0 amide bonds. The minimum atomic E-state index is 0.474. The Bertz CT molecular complexity index is 785. The van der Waals surface area contributed by atoms with E-state index >= 15 is 0 Å². The maximum atomic E-state index is 5.21. The van der Waals surface area contributed by atoms with Crippen LogP contribution in [-0.4, -0.2) is 21.1 Å². The van der Waals surface area contributed by atoms with Crippen LogP contribution < -0.4 is 0 Å². The molecular formula is C13H9BrN4S2. The molecule has 1 N–H and O–H groups in total. The van der Waals surface area contributed by atoms with Crippen LogP contribution in [-0.2, 0) is 0 Å². The quantitative estimate of drug-likeness (QED) is 0.555. The number of hydrogen-bond acceptors (Lipinski definition) is 4. The van der Waals surface area contributed by atoms with E-state index in [0.29, 0.717) is 4.77 Å². The van der Waals surface area contributed by atoms with Crippen LogP contribution in [0.3, 0.4) is 0 Å². The van der Waals surface area contributed by atoms with Crippen LogP contribution in [0.4, 0.5) is 0 Å². The molecule has 0 saturated carbocycles. The molecule has 2 heterocycles. The first-order valence-corrected chi connectivity index (χ1v) is 7.83. The minimum Gasteiger partial charge on any atom is -0.250 e. The third kappa shape index (κ3) is 2.79. The van der Waals surface area contributed by atoms with Gasteiger partial charge in [0.25, 0.3) is 0 Å². The lowest BCUT2D eigenvalue weighted by atomic mass is 10.2. The highest BCUT2D eigenvalue weighted by Crippen LogP contribution is 2.22. The Morgan fingerprint density at radius 2 is 2.10 bits per heavy atom. The van der Waals surface area contributed by atoms with Crippen molar-refractivity contribution in [2.75, 3.05) is 0 Å². The van der Waals surface area contributed by atoms with Crippen molar-refractivity contribution in [1.29, 1.82) is 0 Å². The molecule has 0 spiro atoms. The molecular weight excluding hydrogens is 356 g/mol. The van der Waals surface area contributed by atoms with Crippen molar-refractivity contribution in [1.82, 2.24) is 14.9 Å². The molecule has 0 aliphatic carbocycles. The van der Waals surface area contributed by atoms with Crippen LogP contribution in [0, 0.1) is 4.77 Å². The summed E-state index contributed by atoms with van der Waals surface area (Å²) in [5.41, 5.74) is 0.994. The average Bonchev–Trinajstić information content (AvgIpc) is 3.08. The van der Waals surface area contributed by atoms with Gasteiger partial charge in [-0.05, 0) is 41.4 Å². The molecule has 4 nitrogen and oxygen atoms in total. The van der Waals surface area contributed by atoms with Gasteiger partial charge in [0.1, 0.15) is 0 Å². The molecule has 0 aliphatic rings. The highest BCUT2D eigenvalue weighted by Gasteiger charge is 2.08. The van der Waals surface area contributed by atoms with Crippen molar-refractivity contribution in [2.24, 2.45) is 5.10 Å². The van der Waals surface area contributed by atoms with Crippen molar-refractivity contribution in [3.05, 3.63) is 56.6 Å². The summed E-state index contributed by atoms with van der Waals surface area (Å²) in [5, 5.41) is 13.4. The Balaban J connectivity index is 1.97. The zero-order valence-corrected chi connectivity index (χ0v) is 13.4. The number of aromatic nitrogens is 3. The van der Waals surface area contributed by atoms with Gasteiger partial charge in [0.05, 0.1) is 11.1 Å². The Kier molecular flexibility index (Phi) is 3.90. The van der Waals surface area contributed by atoms with E-state index in [1.165, 1.54) is 0 Å². The van der Waals surface area contributed by atoms with E-state index in [-0.39, 0.29) is 0 Å². The third-order valence-electron chi connectivity index (χ3n) is 2.58. The van der Waals surface area contributed by atoms with Crippen molar-refractivity contribution in [3.8, 4) is 10.7 Å². The second kappa shape index (κ2) is 5.82. The standard InChI is InChI=1S/C13H9BrN4S2/c14-10-5-3-9(4-6-10)8-15-18-12(16-17-13(18)19)11-2-1-7-20-11/h1-8H,(H,17,19)/b15-8-. The summed E-state index contributed by atoms with van der Waals surface area (Å²) in [6.07, 6.45) is 1.76. The Hall–Kier alpha value is -1.57. The highest BCUT2D eigenvalue weighted by molar-refractivity contribution is 9.10. The Morgan fingerprint density at radius 3 is 2.80 bits per heavy atom. The van der Waals surface area contributed by atoms with Crippen LogP contribution in [0.2, 0.25) is 0 Å². The lowest BCUT2D eigenvalue weighted by Gasteiger charge is -1.98. The fourth-order valence-corrected chi connectivity index (χ4v) is 2.78. The molecule has 0 radical (unpaired) electrons. The van der Waals surface area contributed by atoms with Crippen LogP contribution in [0.1, 0.15) is 5.56 Å². The van der Waals surface area contributed by atoms with E-state index in [1.54, 1.807) is 22.2 Å². The molecule has 0 atom stereocenters. The summed E-state index contributed by atoms with van der Waals surface area (Å²) in [7, 11) is 0. The summed E-state index contributed by atoms with van der Waals surface area (Å²) in [6.45, 7) is 0. The van der Waals surface area contributed by atoms with Crippen LogP contribution in [0.25, 0.3) is 10.7 Å². The largest absolute Gasteiger partial charge is 0.250 e. The van der Waals surface area contributed by atoms with Crippen LogP contribution in [0.5, 0.6) is 0 Å². The van der Waals surface area contributed by atoms with Crippen molar-refractivity contribution >= 4 is 45.7 Å². The number of H-pyrrole nitrogens is 1. The SMILES string of the molecule is S=c1[nH]nc(-c2cccs2)n1/N=C\c1ccc(Br)cc1. The maximum Gasteiger partial charge on any atom is 0.216 e. The summed E-state index contributed by atoms with van der Waals surface area (Å²) in [5.74, 6) is 0.721. The number of nitrogens with zero attached hydrogens (tertiary/aromatic N) is 3. The summed E-state index contributed by atoms with van der Waals surface area (Å²) in [4.78, 5) is 1.02. The van der Waals surface area contributed by atoms with Crippen molar-refractivity contribution in [3.63, 3.8) is 0 Å². The van der Waals surface area contributed by atoms with E-state index < -0.39 is 0 Å². The van der Waals surface area contributed by atoms with Gasteiger partial charge in [0.15, 0.2) is 5.82 Å².